The molecule has 158 valence electrons. The van der Waals surface area contributed by atoms with Crippen LogP contribution in [0.4, 0.5) is 0 Å². The van der Waals surface area contributed by atoms with E-state index in [1.54, 1.807) is 7.11 Å². The fraction of sp³-hybridized carbons (Fsp3) is 1.00. The molecule has 0 aromatic heterocycles. The highest BCUT2D eigenvalue weighted by molar-refractivity contribution is 4.91. The van der Waals surface area contributed by atoms with Gasteiger partial charge in [0.05, 0.1) is 38.6 Å². The molecule has 3 aliphatic rings. The van der Waals surface area contributed by atoms with Crippen molar-refractivity contribution in [2.24, 2.45) is 17.3 Å². The fourth-order valence-electron chi connectivity index (χ4n) is 5.18. The Morgan fingerprint density at radius 3 is 1.89 bits per heavy atom. The molecule has 0 amide bonds. The van der Waals surface area contributed by atoms with E-state index in [1.165, 1.54) is 38.5 Å². The molecule has 1 saturated heterocycles. The van der Waals surface area contributed by atoms with Crippen LogP contribution in [-0.2, 0) is 18.9 Å². The van der Waals surface area contributed by atoms with Crippen molar-refractivity contribution in [1.82, 2.24) is 0 Å². The van der Waals surface area contributed by atoms with Crippen LogP contribution >= 0.6 is 0 Å². The van der Waals surface area contributed by atoms with Gasteiger partial charge in [-0.2, -0.15) is 0 Å². The van der Waals surface area contributed by atoms with Gasteiger partial charge in [-0.1, -0.05) is 13.8 Å². The van der Waals surface area contributed by atoms with Crippen LogP contribution in [0.1, 0.15) is 65.2 Å². The number of aliphatic hydroxyl groups is 1. The van der Waals surface area contributed by atoms with Crippen LogP contribution in [-0.4, -0.2) is 63.1 Å². The third-order valence-electron chi connectivity index (χ3n) is 7.26. The summed E-state index contributed by atoms with van der Waals surface area (Å²) in [4.78, 5) is 0. The fourth-order valence-corrected chi connectivity index (χ4v) is 5.18. The van der Waals surface area contributed by atoms with Crippen molar-refractivity contribution in [2.75, 3.05) is 33.5 Å². The van der Waals surface area contributed by atoms with Crippen LogP contribution in [0.5, 0.6) is 0 Å². The summed E-state index contributed by atoms with van der Waals surface area (Å²) in [7, 11) is 1.61. The molecule has 27 heavy (non-hydrogen) atoms. The van der Waals surface area contributed by atoms with E-state index >= 15 is 0 Å². The second-order valence-corrected chi connectivity index (χ2v) is 9.50. The predicted molar refractivity (Wildman–Crippen MR) is 105 cm³/mol. The minimum atomic E-state index is -0.506. The number of epoxide rings is 1. The smallest absolute Gasteiger partial charge is 0.104 e. The van der Waals surface area contributed by atoms with Gasteiger partial charge in [0.15, 0.2) is 0 Å². The first kappa shape index (κ1) is 21.5. The van der Waals surface area contributed by atoms with Gasteiger partial charge in [-0.25, -0.2) is 0 Å². The van der Waals surface area contributed by atoms with E-state index in [0.717, 1.165) is 37.9 Å². The van der Waals surface area contributed by atoms with Crippen LogP contribution in [0.3, 0.4) is 0 Å². The number of aliphatic hydroxyl groups excluding tert-OH is 1. The first-order valence-electron chi connectivity index (χ1n) is 11.0. The molecule has 2 saturated carbocycles. The van der Waals surface area contributed by atoms with Crippen molar-refractivity contribution in [3.63, 3.8) is 0 Å². The number of ether oxygens (including phenoxy) is 4. The average Bonchev–Trinajstić information content (AvgIpc) is 3.50. The van der Waals surface area contributed by atoms with Crippen molar-refractivity contribution in [3.8, 4) is 0 Å². The molecular weight excluding hydrogens is 344 g/mol. The van der Waals surface area contributed by atoms with Crippen LogP contribution in [0.15, 0.2) is 0 Å². The molecule has 1 heterocycles. The summed E-state index contributed by atoms with van der Waals surface area (Å²) >= 11 is 0. The molecule has 2 atom stereocenters. The van der Waals surface area contributed by atoms with Gasteiger partial charge >= 0.3 is 0 Å². The Morgan fingerprint density at radius 1 is 0.889 bits per heavy atom. The minimum Gasteiger partial charge on any atom is -0.388 e. The molecule has 0 bridgehead atoms. The normalized spacial score (nSPS) is 35.8. The first-order chi connectivity index (χ1) is 13.0. The Labute approximate surface area is 165 Å². The summed E-state index contributed by atoms with van der Waals surface area (Å²) in [6, 6.07) is 0. The maximum atomic E-state index is 9.76. The van der Waals surface area contributed by atoms with Crippen LogP contribution < -0.4 is 0 Å². The maximum Gasteiger partial charge on any atom is 0.104 e. The van der Waals surface area contributed by atoms with Crippen molar-refractivity contribution < 1.29 is 24.1 Å². The van der Waals surface area contributed by atoms with Crippen molar-refractivity contribution in [2.45, 2.75) is 89.6 Å². The van der Waals surface area contributed by atoms with Gasteiger partial charge in [-0.05, 0) is 68.6 Å². The Hall–Kier alpha value is -0.200. The average molecular weight is 385 g/mol. The maximum absolute atomic E-state index is 9.76. The van der Waals surface area contributed by atoms with Crippen molar-refractivity contribution in [1.29, 1.82) is 0 Å². The van der Waals surface area contributed by atoms with Crippen LogP contribution in [0.2, 0.25) is 0 Å². The molecule has 5 nitrogen and oxygen atoms in total. The number of methoxy groups -OCH3 is 1. The zero-order valence-electron chi connectivity index (χ0n) is 17.5. The molecule has 5 heteroatoms. The monoisotopic (exact) mass is 384 g/mol. The zero-order valence-corrected chi connectivity index (χ0v) is 17.5. The SMILES string of the molecule is COCC(O)COC1CCC(C(C)(C)C2CCC(OCC3CO3)CC2)CC1. The van der Waals surface area contributed by atoms with Gasteiger partial charge in [0.1, 0.15) is 12.2 Å². The highest BCUT2D eigenvalue weighted by atomic mass is 16.6. The Bertz CT molecular complexity index is 420. The van der Waals surface area contributed by atoms with Gasteiger partial charge in [0.2, 0.25) is 0 Å². The molecule has 1 aliphatic heterocycles. The standard InChI is InChI=1S/C22H40O5/c1-22(2,17-6-10-20(11-7-17)26-14-21-15-27-21)16-4-8-19(9-5-16)25-13-18(23)12-24-3/h16-21,23H,4-15H2,1-3H3. The summed E-state index contributed by atoms with van der Waals surface area (Å²) in [5, 5.41) is 9.76. The lowest BCUT2D eigenvalue weighted by molar-refractivity contribution is -0.0643. The number of hydrogen-bond acceptors (Lipinski definition) is 5. The summed E-state index contributed by atoms with van der Waals surface area (Å²) < 4.78 is 22.1. The van der Waals surface area contributed by atoms with Gasteiger partial charge in [0.25, 0.3) is 0 Å². The molecule has 3 fully saturated rings. The molecule has 0 radical (unpaired) electrons. The van der Waals surface area contributed by atoms with Gasteiger partial charge in [0, 0.05) is 7.11 Å². The topological polar surface area (TPSA) is 60.5 Å². The second-order valence-electron chi connectivity index (χ2n) is 9.50. The largest absolute Gasteiger partial charge is 0.388 e. The molecule has 0 aromatic carbocycles. The molecule has 2 aliphatic carbocycles. The van der Waals surface area contributed by atoms with E-state index in [-0.39, 0.29) is 0 Å². The molecule has 2 unspecified atom stereocenters. The van der Waals surface area contributed by atoms with Gasteiger partial charge in [-0.3, -0.25) is 0 Å². The Balaban J connectivity index is 1.36. The zero-order chi connectivity index (χ0) is 19.3. The lowest BCUT2D eigenvalue weighted by Crippen LogP contribution is -2.39. The first-order valence-corrected chi connectivity index (χ1v) is 11.0. The summed E-state index contributed by atoms with van der Waals surface area (Å²) in [6.07, 6.45) is 10.3. The summed E-state index contributed by atoms with van der Waals surface area (Å²) in [5.41, 5.74) is 0.394. The van der Waals surface area contributed by atoms with Crippen molar-refractivity contribution >= 4 is 0 Å². The number of rotatable bonds is 10. The molecular formula is C22H40O5. The van der Waals surface area contributed by atoms with Crippen LogP contribution in [0.25, 0.3) is 0 Å². The summed E-state index contributed by atoms with van der Waals surface area (Å²) in [6.45, 7) is 7.41. The van der Waals surface area contributed by atoms with Gasteiger partial charge < -0.3 is 24.1 Å². The van der Waals surface area contributed by atoms with Crippen molar-refractivity contribution in [3.05, 3.63) is 0 Å². The second kappa shape index (κ2) is 10.0. The molecule has 3 rings (SSSR count). The van der Waals surface area contributed by atoms with E-state index < -0.39 is 6.10 Å². The highest BCUT2D eigenvalue weighted by Gasteiger charge is 2.41. The molecule has 0 aromatic rings. The molecule has 0 spiro atoms. The Kier molecular flexibility index (Phi) is 7.98. The quantitative estimate of drug-likeness (QED) is 0.584. The third-order valence-corrected chi connectivity index (χ3v) is 7.26. The van der Waals surface area contributed by atoms with Gasteiger partial charge in [-0.15, -0.1) is 0 Å². The van der Waals surface area contributed by atoms with E-state index in [9.17, 15) is 5.11 Å². The third kappa shape index (κ3) is 6.40. The number of hydrogen-bond donors (Lipinski definition) is 1. The van der Waals surface area contributed by atoms with E-state index in [1.807, 2.05) is 0 Å². The van der Waals surface area contributed by atoms with Crippen LogP contribution in [0, 0.1) is 17.3 Å². The lowest BCUT2D eigenvalue weighted by atomic mass is 9.60. The lowest BCUT2D eigenvalue weighted by Gasteiger charge is -2.46. The van der Waals surface area contributed by atoms with E-state index in [0.29, 0.717) is 36.9 Å². The minimum absolute atomic E-state index is 0.303. The predicted octanol–water partition coefficient (Wildman–Crippen LogP) is 3.57. The Morgan fingerprint density at radius 2 is 1.41 bits per heavy atom. The highest BCUT2D eigenvalue weighted by Crippen LogP contribution is 2.48. The van der Waals surface area contributed by atoms with E-state index in [4.69, 9.17) is 18.9 Å². The molecule has 1 N–H and O–H groups in total. The van der Waals surface area contributed by atoms with E-state index in [2.05, 4.69) is 13.8 Å². The summed E-state index contributed by atoms with van der Waals surface area (Å²) in [5.74, 6) is 1.59.